The first-order valence-corrected chi connectivity index (χ1v) is 5.47. The number of piperidine rings is 1. The van der Waals surface area contributed by atoms with E-state index in [4.69, 9.17) is 4.74 Å². The van der Waals surface area contributed by atoms with E-state index >= 15 is 0 Å². The van der Waals surface area contributed by atoms with Gasteiger partial charge >= 0.3 is 0 Å². The molecule has 1 aromatic carbocycles. The first kappa shape index (κ1) is 11.8. The lowest BCUT2D eigenvalue weighted by Crippen LogP contribution is -2.37. The van der Waals surface area contributed by atoms with Crippen molar-refractivity contribution in [2.75, 3.05) is 13.1 Å². The number of nitro benzene ring substituents is 1. The normalized spacial score (nSPS) is 19.9. The smallest absolute Gasteiger partial charge is 0.276 e. The third kappa shape index (κ3) is 3.13. The maximum Gasteiger partial charge on any atom is 0.276 e. The lowest BCUT2D eigenvalue weighted by molar-refractivity contribution is -0.385. The van der Waals surface area contributed by atoms with Gasteiger partial charge in [0.05, 0.1) is 17.1 Å². The predicted molar refractivity (Wildman–Crippen MR) is 59.6 cm³/mol. The van der Waals surface area contributed by atoms with Gasteiger partial charge in [-0.2, -0.15) is 0 Å². The molecule has 0 amide bonds. The molecule has 1 atom stereocenters. The Kier molecular flexibility index (Phi) is 3.53. The van der Waals surface area contributed by atoms with Gasteiger partial charge in [-0.25, -0.2) is 4.39 Å². The summed E-state index contributed by atoms with van der Waals surface area (Å²) in [6.07, 6.45) is 1.81. The van der Waals surface area contributed by atoms with Crippen LogP contribution in [0, 0.1) is 15.9 Å². The van der Waals surface area contributed by atoms with E-state index in [1.807, 2.05) is 0 Å². The summed E-state index contributed by atoms with van der Waals surface area (Å²) < 4.78 is 18.7. The quantitative estimate of drug-likeness (QED) is 0.647. The molecule has 0 radical (unpaired) electrons. The van der Waals surface area contributed by atoms with Crippen LogP contribution in [-0.4, -0.2) is 24.1 Å². The van der Waals surface area contributed by atoms with Crippen molar-refractivity contribution in [3.05, 3.63) is 34.1 Å². The minimum atomic E-state index is -0.655. The molecular formula is C11H13FN2O3. The molecule has 0 saturated carbocycles. The van der Waals surface area contributed by atoms with Crippen LogP contribution in [0.25, 0.3) is 0 Å². The summed E-state index contributed by atoms with van der Waals surface area (Å²) in [5.41, 5.74) is -0.288. The Labute approximate surface area is 97.7 Å². The van der Waals surface area contributed by atoms with E-state index < -0.39 is 10.7 Å². The number of nitro groups is 1. The molecule has 1 fully saturated rings. The average Bonchev–Trinajstić information content (AvgIpc) is 2.29. The molecule has 0 aliphatic carbocycles. The maximum absolute atomic E-state index is 13.1. The van der Waals surface area contributed by atoms with Crippen LogP contribution in [0.4, 0.5) is 10.1 Å². The van der Waals surface area contributed by atoms with Crippen molar-refractivity contribution in [2.24, 2.45) is 0 Å². The van der Waals surface area contributed by atoms with Crippen molar-refractivity contribution in [2.45, 2.75) is 18.9 Å². The monoisotopic (exact) mass is 240 g/mol. The summed E-state index contributed by atoms with van der Waals surface area (Å²) in [4.78, 5) is 9.94. The largest absolute Gasteiger partial charge is 0.489 e. The lowest BCUT2D eigenvalue weighted by atomic mass is 10.1. The Morgan fingerprint density at radius 1 is 1.47 bits per heavy atom. The molecule has 1 aliphatic heterocycles. The maximum atomic E-state index is 13.1. The Hall–Kier alpha value is -1.69. The molecule has 1 unspecified atom stereocenters. The van der Waals surface area contributed by atoms with Gasteiger partial charge in [-0.3, -0.25) is 10.1 Å². The highest BCUT2D eigenvalue weighted by Gasteiger charge is 2.17. The Balaban J connectivity index is 2.11. The highest BCUT2D eigenvalue weighted by Crippen LogP contribution is 2.23. The van der Waals surface area contributed by atoms with Crippen LogP contribution in [0.15, 0.2) is 18.2 Å². The summed E-state index contributed by atoms with van der Waals surface area (Å²) in [5, 5.41) is 13.7. The summed E-state index contributed by atoms with van der Waals surface area (Å²) in [5.74, 6) is -0.441. The molecule has 92 valence electrons. The number of ether oxygens (including phenoxy) is 1. The second-order valence-corrected chi connectivity index (χ2v) is 3.99. The SMILES string of the molecule is O=[N+]([O-])c1cc(F)cc(OC2CCCNC2)c1. The van der Waals surface area contributed by atoms with Gasteiger partial charge in [-0.15, -0.1) is 0 Å². The van der Waals surface area contributed by atoms with Gasteiger partial charge in [-0.1, -0.05) is 0 Å². The van der Waals surface area contributed by atoms with Crippen molar-refractivity contribution in [1.29, 1.82) is 0 Å². The van der Waals surface area contributed by atoms with E-state index in [1.54, 1.807) is 0 Å². The zero-order valence-corrected chi connectivity index (χ0v) is 9.19. The lowest BCUT2D eigenvalue weighted by Gasteiger charge is -2.23. The van der Waals surface area contributed by atoms with Crippen molar-refractivity contribution in [3.63, 3.8) is 0 Å². The van der Waals surface area contributed by atoms with Crippen LogP contribution in [0.5, 0.6) is 5.75 Å². The first-order chi connectivity index (χ1) is 8.15. The molecule has 17 heavy (non-hydrogen) atoms. The molecule has 1 N–H and O–H groups in total. The van der Waals surface area contributed by atoms with Gasteiger partial charge in [-0.05, 0) is 19.4 Å². The minimum absolute atomic E-state index is 0.0508. The van der Waals surface area contributed by atoms with Gasteiger partial charge in [0.25, 0.3) is 5.69 Å². The fourth-order valence-electron chi connectivity index (χ4n) is 1.83. The van der Waals surface area contributed by atoms with E-state index in [-0.39, 0.29) is 17.5 Å². The van der Waals surface area contributed by atoms with Crippen molar-refractivity contribution in [3.8, 4) is 5.75 Å². The van der Waals surface area contributed by atoms with Crippen LogP contribution in [0.3, 0.4) is 0 Å². The van der Waals surface area contributed by atoms with Crippen LogP contribution >= 0.6 is 0 Å². The Morgan fingerprint density at radius 2 is 2.29 bits per heavy atom. The van der Waals surface area contributed by atoms with Crippen molar-refractivity contribution < 1.29 is 14.1 Å². The second kappa shape index (κ2) is 5.09. The zero-order valence-electron chi connectivity index (χ0n) is 9.19. The number of benzene rings is 1. The molecule has 0 spiro atoms. The number of hydrogen-bond donors (Lipinski definition) is 1. The van der Waals surface area contributed by atoms with Crippen LogP contribution < -0.4 is 10.1 Å². The van der Waals surface area contributed by atoms with Crippen molar-refractivity contribution in [1.82, 2.24) is 5.32 Å². The van der Waals surface area contributed by atoms with Crippen LogP contribution in [0.2, 0.25) is 0 Å². The minimum Gasteiger partial charge on any atom is -0.489 e. The number of rotatable bonds is 3. The molecule has 1 aromatic rings. The number of hydrogen-bond acceptors (Lipinski definition) is 4. The number of halogens is 1. The van der Waals surface area contributed by atoms with Crippen molar-refractivity contribution >= 4 is 5.69 Å². The van der Waals surface area contributed by atoms with Crippen LogP contribution in [-0.2, 0) is 0 Å². The number of non-ortho nitro benzene ring substituents is 1. The highest BCUT2D eigenvalue weighted by atomic mass is 19.1. The van der Waals surface area contributed by atoms with Crippen LogP contribution in [0.1, 0.15) is 12.8 Å². The van der Waals surface area contributed by atoms with E-state index in [1.165, 1.54) is 12.1 Å². The van der Waals surface area contributed by atoms with Gasteiger partial charge in [0, 0.05) is 12.6 Å². The van der Waals surface area contributed by atoms with E-state index in [2.05, 4.69) is 5.32 Å². The molecule has 6 heteroatoms. The molecular weight excluding hydrogens is 227 g/mol. The second-order valence-electron chi connectivity index (χ2n) is 3.99. The molecule has 0 aromatic heterocycles. The topological polar surface area (TPSA) is 64.4 Å². The van der Waals surface area contributed by atoms with Gasteiger partial charge < -0.3 is 10.1 Å². The molecule has 5 nitrogen and oxygen atoms in total. The fourth-order valence-corrected chi connectivity index (χ4v) is 1.83. The van der Waals surface area contributed by atoms with Gasteiger partial charge in [0.1, 0.15) is 17.7 Å². The predicted octanol–water partition coefficient (Wildman–Crippen LogP) is 1.86. The molecule has 0 bridgehead atoms. The van der Waals surface area contributed by atoms with E-state index in [0.717, 1.165) is 25.5 Å². The Bertz CT molecular complexity index is 419. The van der Waals surface area contributed by atoms with Gasteiger partial charge in [0.15, 0.2) is 0 Å². The summed E-state index contributed by atoms with van der Waals surface area (Å²) >= 11 is 0. The zero-order chi connectivity index (χ0) is 12.3. The summed E-state index contributed by atoms with van der Waals surface area (Å²) in [6, 6.07) is 3.30. The van der Waals surface area contributed by atoms with Gasteiger partial charge in [0.2, 0.25) is 0 Å². The molecule has 2 rings (SSSR count). The molecule has 1 aliphatic rings. The highest BCUT2D eigenvalue weighted by molar-refractivity contribution is 5.39. The standard InChI is InChI=1S/C11H13FN2O3/c12-8-4-9(14(15)16)6-11(5-8)17-10-2-1-3-13-7-10/h4-6,10,13H,1-3,7H2. The number of nitrogens with zero attached hydrogens (tertiary/aromatic N) is 1. The molecule has 1 heterocycles. The molecule has 1 saturated heterocycles. The van der Waals surface area contributed by atoms with E-state index in [9.17, 15) is 14.5 Å². The number of nitrogens with one attached hydrogen (secondary N) is 1. The third-order valence-corrected chi connectivity index (χ3v) is 2.62. The fraction of sp³-hybridized carbons (Fsp3) is 0.455. The first-order valence-electron chi connectivity index (χ1n) is 5.47. The third-order valence-electron chi connectivity index (χ3n) is 2.62. The Morgan fingerprint density at radius 3 is 2.94 bits per heavy atom. The average molecular weight is 240 g/mol. The van der Waals surface area contributed by atoms with E-state index in [0.29, 0.717) is 6.54 Å². The summed E-state index contributed by atoms with van der Waals surface area (Å²) in [7, 11) is 0. The summed E-state index contributed by atoms with van der Waals surface area (Å²) in [6.45, 7) is 1.63.